The third kappa shape index (κ3) is 1.97. The fourth-order valence-electron chi connectivity index (χ4n) is 1.74. The van der Waals surface area contributed by atoms with Crippen LogP contribution in [0.2, 0.25) is 0 Å². The van der Waals surface area contributed by atoms with Crippen molar-refractivity contribution < 1.29 is 0 Å². The van der Waals surface area contributed by atoms with Gasteiger partial charge in [0.1, 0.15) is 5.84 Å². The molecule has 2 atom stereocenters. The van der Waals surface area contributed by atoms with Crippen LogP contribution >= 0.6 is 0 Å². The van der Waals surface area contributed by atoms with Gasteiger partial charge in [-0.05, 0) is 25.8 Å². The zero-order valence-corrected chi connectivity index (χ0v) is 8.01. The summed E-state index contributed by atoms with van der Waals surface area (Å²) in [7, 11) is 0. The number of nitrogens with one attached hydrogen (secondary N) is 1. The Morgan fingerprint density at radius 1 is 1.75 bits per heavy atom. The minimum Gasteiger partial charge on any atom is -0.386 e. The molecule has 3 N–H and O–H groups in total. The first kappa shape index (κ1) is 9.52. The molecule has 0 bridgehead atoms. The van der Waals surface area contributed by atoms with Gasteiger partial charge in [0.25, 0.3) is 0 Å². The number of nitrogens with two attached hydrogens (primary N) is 1. The van der Waals surface area contributed by atoms with Gasteiger partial charge in [0.05, 0.1) is 6.04 Å². The van der Waals surface area contributed by atoms with E-state index < -0.39 is 0 Å². The van der Waals surface area contributed by atoms with Crippen LogP contribution in [0.5, 0.6) is 0 Å². The lowest BCUT2D eigenvalue weighted by molar-refractivity contribution is 0.298. The molecule has 0 amide bonds. The lowest BCUT2D eigenvalue weighted by Crippen LogP contribution is -2.40. The van der Waals surface area contributed by atoms with Crippen molar-refractivity contribution in [1.82, 2.24) is 4.90 Å². The van der Waals surface area contributed by atoms with Crippen molar-refractivity contribution in [2.75, 3.05) is 13.1 Å². The summed E-state index contributed by atoms with van der Waals surface area (Å²) < 4.78 is 0. The van der Waals surface area contributed by atoms with Crippen LogP contribution in [0.15, 0.2) is 0 Å². The maximum absolute atomic E-state index is 7.32. The van der Waals surface area contributed by atoms with Crippen molar-refractivity contribution in [1.29, 1.82) is 5.41 Å². The van der Waals surface area contributed by atoms with Gasteiger partial charge in [-0.2, -0.15) is 0 Å². The quantitative estimate of drug-likeness (QED) is 0.490. The summed E-state index contributed by atoms with van der Waals surface area (Å²) in [6.45, 7) is 6.48. The maximum Gasteiger partial charge on any atom is 0.108 e. The first-order valence-electron chi connectivity index (χ1n) is 4.73. The molecule has 0 aromatic heterocycles. The molecule has 1 heterocycles. The van der Waals surface area contributed by atoms with Gasteiger partial charge >= 0.3 is 0 Å². The Hall–Kier alpha value is -0.570. The fourth-order valence-corrected chi connectivity index (χ4v) is 1.74. The Kier molecular flexibility index (Phi) is 3.09. The number of hydrogen-bond donors (Lipinski definition) is 2. The standard InChI is InChI=1S/C9H19N3/c1-3-8-4-5-12(6-8)7(2)9(10)11/h7-8H,3-6H2,1-2H3,(H3,10,11). The Bertz CT molecular complexity index is 167. The van der Waals surface area contributed by atoms with Crippen molar-refractivity contribution in [2.45, 2.75) is 32.7 Å². The molecule has 1 saturated heterocycles. The van der Waals surface area contributed by atoms with Gasteiger partial charge in [-0.3, -0.25) is 10.3 Å². The molecular weight excluding hydrogens is 150 g/mol. The van der Waals surface area contributed by atoms with Crippen LogP contribution in [-0.4, -0.2) is 29.9 Å². The molecule has 1 aliphatic rings. The molecule has 0 aromatic carbocycles. The first-order chi connectivity index (χ1) is 5.65. The SMILES string of the molecule is CCC1CCN(C(C)C(=N)N)C1. The second-order valence-corrected chi connectivity index (χ2v) is 3.69. The summed E-state index contributed by atoms with van der Waals surface area (Å²) in [5.74, 6) is 1.12. The van der Waals surface area contributed by atoms with Crippen molar-refractivity contribution >= 4 is 5.84 Å². The predicted octanol–water partition coefficient (Wildman–Crippen LogP) is 1.04. The fraction of sp³-hybridized carbons (Fsp3) is 0.889. The molecule has 1 aliphatic heterocycles. The van der Waals surface area contributed by atoms with Crippen LogP contribution in [0.3, 0.4) is 0 Å². The van der Waals surface area contributed by atoms with E-state index in [2.05, 4.69) is 11.8 Å². The molecule has 70 valence electrons. The molecular formula is C9H19N3. The van der Waals surface area contributed by atoms with E-state index >= 15 is 0 Å². The molecule has 3 heteroatoms. The van der Waals surface area contributed by atoms with Crippen LogP contribution in [0.25, 0.3) is 0 Å². The number of rotatable bonds is 3. The average Bonchev–Trinajstić information content (AvgIpc) is 2.50. The minimum atomic E-state index is 0.140. The number of likely N-dealkylation sites (tertiary alicyclic amines) is 1. The van der Waals surface area contributed by atoms with Gasteiger partial charge in [-0.15, -0.1) is 0 Å². The summed E-state index contributed by atoms with van der Waals surface area (Å²) in [6, 6.07) is 0.140. The molecule has 0 aromatic rings. The summed E-state index contributed by atoms with van der Waals surface area (Å²) in [6.07, 6.45) is 2.52. The highest BCUT2D eigenvalue weighted by Crippen LogP contribution is 2.20. The largest absolute Gasteiger partial charge is 0.386 e. The topological polar surface area (TPSA) is 53.1 Å². The molecule has 0 aliphatic carbocycles. The molecule has 1 fully saturated rings. The van der Waals surface area contributed by atoms with Gasteiger partial charge in [0.15, 0.2) is 0 Å². The molecule has 12 heavy (non-hydrogen) atoms. The summed E-state index contributed by atoms with van der Waals surface area (Å²) in [5.41, 5.74) is 5.44. The van der Waals surface area contributed by atoms with Gasteiger partial charge < -0.3 is 5.73 Å². The molecule has 0 radical (unpaired) electrons. The van der Waals surface area contributed by atoms with E-state index in [1.807, 2.05) is 6.92 Å². The van der Waals surface area contributed by atoms with Gasteiger partial charge in [-0.1, -0.05) is 13.3 Å². The van der Waals surface area contributed by atoms with Crippen LogP contribution in [0, 0.1) is 11.3 Å². The van der Waals surface area contributed by atoms with Crippen LogP contribution in [0.4, 0.5) is 0 Å². The van der Waals surface area contributed by atoms with E-state index in [4.69, 9.17) is 11.1 Å². The second kappa shape index (κ2) is 3.90. The summed E-state index contributed by atoms with van der Waals surface area (Å²) in [4.78, 5) is 2.30. The number of hydrogen-bond acceptors (Lipinski definition) is 2. The number of nitrogens with zero attached hydrogens (tertiary/aromatic N) is 1. The van der Waals surface area contributed by atoms with Crippen molar-refractivity contribution in [3.63, 3.8) is 0 Å². The van der Waals surface area contributed by atoms with Crippen LogP contribution < -0.4 is 5.73 Å². The van der Waals surface area contributed by atoms with Crippen molar-refractivity contribution in [3.8, 4) is 0 Å². The second-order valence-electron chi connectivity index (χ2n) is 3.69. The van der Waals surface area contributed by atoms with Gasteiger partial charge in [0.2, 0.25) is 0 Å². The Morgan fingerprint density at radius 2 is 2.42 bits per heavy atom. The highest BCUT2D eigenvalue weighted by molar-refractivity contribution is 5.82. The smallest absolute Gasteiger partial charge is 0.108 e. The third-order valence-electron chi connectivity index (χ3n) is 2.89. The molecule has 3 nitrogen and oxygen atoms in total. The van der Waals surface area contributed by atoms with E-state index in [9.17, 15) is 0 Å². The van der Waals surface area contributed by atoms with Crippen molar-refractivity contribution in [3.05, 3.63) is 0 Å². The monoisotopic (exact) mass is 169 g/mol. The molecule has 0 spiro atoms. The van der Waals surface area contributed by atoms with Gasteiger partial charge in [0, 0.05) is 6.54 Å². The van der Waals surface area contributed by atoms with E-state index in [0.29, 0.717) is 5.84 Å². The summed E-state index contributed by atoms with van der Waals surface area (Å²) >= 11 is 0. The minimum absolute atomic E-state index is 0.140. The van der Waals surface area contributed by atoms with Gasteiger partial charge in [-0.25, -0.2) is 0 Å². The lowest BCUT2D eigenvalue weighted by atomic mass is 10.1. The van der Waals surface area contributed by atoms with E-state index in [1.54, 1.807) is 0 Å². The number of amidine groups is 1. The molecule has 1 rings (SSSR count). The van der Waals surface area contributed by atoms with E-state index in [-0.39, 0.29) is 6.04 Å². The zero-order chi connectivity index (χ0) is 9.14. The first-order valence-corrected chi connectivity index (χ1v) is 4.73. The normalized spacial score (nSPS) is 27.3. The highest BCUT2D eigenvalue weighted by Gasteiger charge is 2.25. The predicted molar refractivity (Wildman–Crippen MR) is 51.3 cm³/mol. The van der Waals surface area contributed by atoms with Crippen LogP contribution in [0.1, 0.15) is 26.7 Å². The highest BCUT2D eigenvalue weighted by atomic mass is 15.2. The van der Waals surface area contributed by atoms with Crippen LogP contribution in [-0.2, 0) is 0 Å². The Labute approximate surface area is 74.4 Å². The average molecular weight is 169 g/mol. The summed E-state index contributed by atoms with van der Waals surface area (Å²) in [5, 5.41) is 7.32. The van der Waals surface area contributed by atoms with E-state index in [0.717, 1.165) is 19.0 Å². The zero-order valence-electron chi connectivity index (χ0n) is 8.01. The van der Waals surface area contributed by atoms with E-state index in [1.165, 1.54) is 12.8 Å². The lowest BCUT2D eigenvalue weighted by Gasteiger charge is -2.22. The Morgan fingerprint density at radius 3 is 2.83 bits per heavy atom. The third-order valence-corrected chi connectivity index (χ3v) is 2.89. The Balaban J connectivity index is 2.41. The molecule has 2 unspecified atom stereocenters. The van der Waals surface area contributed by atoms with Crippen molar-refractivity contribution in [2.24, 2.45) is 11.7 Å². The maximum atomic E-state index is 7.32. The molecule has 0 saturated carbocycles.